The van der Waals surface area contributed by atoms with E-state index in [1.54, 1.807) is 7.05 Å². The number of ketones is 1. The molecule has 2 atom stereocenters. The normalized spacial score (nSPS) is 13.0. The van der Waals surface area contributed by atoms with Crippen LogP contribution in [0.15, 0.2) is 35.3 Å². The molecule has 0 aliphatic carbocycles. The van der Waals surface area contributed by atoms with E-state index in [2.05, 4.69) is 15.6 Å². The van der Waals surface area contributed by atoms with E-state index < -0.39 is 12.1 Å². The summed E-state index contributed by atoms with van der Waals surface area (Å²) >= 11 is 0. The van der Waals surface area contributed by atoms with Gasteiger partial charge in [-0.25, -0.2) is 0 Å². The Bertz CT molecular complexity index is 526. The molecule has 0 heterocycles. The predicted octanol–water partition coefficient (Wildman–Crippen LogP) is -0.836. The summed E-state index contributed by atoms with van der Waals surface area (Å²) in [6, 6.07) is 8.45. The second-order valence-corrected chi connectivity index (χ2v) is 4.97. The number of amides is 1. The maximum absolute atomic E-state index is 12.3. The van der Waals surface area contributed by atoms with Crippen LogP contribution >= 0.6 is 0 Å². The van der Waals surface area contributed by atoms with Crippen LogP contribution in [0.4, 0.5) is 0 Å². The van der Waals surface area contributed by atoms with Crippen molar-refractivity contribution in [3.05, 3.63) is 35.9 Å². The van der Waals surface area contributed by atoms with Crippen LogP contribution < -0.4 is 22.1 Å². The van der Waals surface area contributed by atoms with E-state index in [0.717, 1.165) is 5.56 Å². The summed E-state index contributed by atoms with van der Waals surface area (Å²) in [7, 11) is 1.70. The van der Waals surface area contributed by atoms with Crippen LogP contribution in [0.2, 0.25) is 0 Å². The number of Topliss-reactive ketones (excluding diaryl/α,β-unsaturated/α-hetero) is 1. The summed E-state index contributed by atoms with van der Waals surface area (Å²) in [5.41, 5.74) is 11.5. The number of nitrogens with zero attached hydrogens (tertiary/aromatic N) is 1. The number of guanidine groups is 1. The molecule has 7 nitrogen and oxygen atoms in total. The SMILES string of the molecule is CNC(Cc1ccccc1)C(=O)NC(CN=C(N)N)C(C)=O. The van der Waals surface area contributed by atoms with Crippen LogP contribution in [0, 0.1) is 0 Å². The van der Waals surface area contributed by atoms with Crippen molar-refractivity contribution in [3.63, 3.8) is 0 Å². The van der Waals surface area contributed by atoms with Crippen molar-refractivity contribution >= 4 is 17.6 Å². The van der Waals surface area contributed by atoms with Crippen molar-refractivity contribution in [1.29, 1.82) is 0 Å². The molecule has 1 rings (SSSR count). The average molecular weight is 305 g/mol. The van der Waals surface area contributed by atoms with Crippen LogP contribution in [-0.4, -0.2) is 43.3 Å². The molecule has 1 amide bonds. The summed E-state index contributed by atoms with van der Waals surface area (Å²) in [5.74, 6) is -0.583. The Kier molecular flexibility index (Phi) is 7.04. The van der Waals surface area contributed by atoms with Gasteiger partial charge >= 0.3 is 0 Å². The summed E-state index contributed by atoms with van der Waals surface area (Å²) in [4.78, 5) is 27.7. The van der Waals surface area contributed by atoms with Crippen molar-refractivity contribution in [1.82, 2.24) is 10.6 Å². The maximum Gasteiger partial charge on any atom is 0.238 e. The molecule has 0 aliphatic heterocycles. The predicted molar refractivity (Wildman–Crippen MR) is 86.3 cm³/mol. The van der Waals surface area contributed by atoms with E-state index in [9.17, 15) is 9.59 Å². The third-order valence-electron chi connectivity index (χ3n) is 3.21. The van der Waals surface area contributed by atoms with Gasteiger partial charge in [-0.3, -0.25) is 14.6 Å². The standard InChI is InChI=1S/C15H23N5O2/c1-10(21)13(9-19-15(16)17)20-14(22)12(18-2)8-11-6-4-3-5-7-11/h3-7,12-13,18H,8-9H2,1-2H3,(H,20,22)(H4,16,17,19). The van der Waals surface area contributed by atoms with E-state index >= 15 is 0 Å². The van der Waals surface area contributed by atoms with Crippen LogP contribution in [-0.2, 0) is 16.0 Å². The summed E-state index contributed by atoms with van der Waals surface area (Å²) in [6.45, 7) is 1.42. The Balaban J connectivity index is 2.69. The van der Waals surface area contributed by atoms with Gasteiger partial charge in [0.15, 0.2) is 11.7 Å². The minimum Gasteiger partial charge on any atom is -0.370 e. The van der Waals surface area contributed by atoms with Gasteiger partial charge < -0.3 is 22.1 Å². The van der Waals surface area contributed by atoms with Crippen molar-refractivity contribution in [3.8, 4) is 0 Å². The quantitative estimate of drug-likeness (QED) is 0.368. The molecule has 0 saturated carbocycles. The second kappa shape index (κ2) is 8.78. The van der Waals surface area contributed by atoms with Gasteiger partial charge in [-0.1, -0.05) is 30.3 Å². The lowest BCUT2D eigenvalue weighted by Gasteiger charge is -2.20. The molecule has 7 heteroatoms. The molecule has 0 spiro atoms. The van der Waals surface area contributed by atoms with E-state index in [-0.39, 0.29) is 24.2 Å². The van der Waals surface area contributed by atoms with Crippen LogP contribution in [0.25, 0.3) is 0 Å². The zero-order valence-electron chi connectivity index (χ0n) is 12.9. The lowest BCUT2D eigenvalue weighted by atomic mass is 10.0. The van der Waals surface area contributed by atoms with Crippen LogP contribution in [0.5, 0.6) is 0 Å². The van der Waals surface area contributed by atoms with Crippen molar-refractivity contribution in [2.45, 2.75) is 25.4 Å². The van der Waals surface area contributed by atoms with Crippen molar-refractivity contribution in [2.24, 2.45) is 16.5 Å². The molecule has 1 aromatic carbocycles. The molecular weight excluding hydrogens is 282 g/mol. The van der Waals surface area contributed by atoms with Crippen molar-refractivity contribution < 1.29 is 9.59 Å². The molecule has 1 aromatic rings. The first-order valence-electron chi connectivity index (χ1n) is 7.01. The van der Waals surface area contributed by atoms with E-state index in [1.165, 1.54) is 6.92 Å². The minimum absolute atomic E-state index is 0.0329. The van der Waals surface area contributed by atoms with Crippen LogP contribution in [0.1, 0.15) is 12.5 Å². The van der Waals surface area contributed by atoms with Gasteiger partial charge in [0.2, 0.25) is 5.91 Å². The van der Waals surface area contributed by atoms with Gasteiger partial charge in [0.1, 0.15) is 6.04 Å². The Morgan fingerprint density at radius 3 is 2.32 bits per heavy atom. The molecule has 120 valence electrons. The second-order valence-electron chi connectivity index (χ2n) is 4.97. The third-order valence-corrected chi connectivity index (χ3v) is 3.21. The van der Waals surface area contributed by atoms with E-state index in [1.807, 2.05) is 30.3 Å². The van der Waals surface area contributed by atoms with Gasteiger partial charge in [0.25, 0.3) is 0 Å². The van der Waals surface area contributed by atoms with Crippen molar-refractivity contribution in [2.75, 3.05) is 13.6 Å². The minimum atomic E-state index is -0.735. The lowest BCUT2D eigenvalue weighted by Crippen LogP contribution is -2.51. The van der Waals surface area contributed by atoms with Gasteiger partial charge in [0, 0.05) is 0 Å². The number of nitrogens with one attached hydrogen (secondary N) is 2. The fourth-order valence-electron chi connectivity index (χ4n) is 1.92. The molecule has 0 aliphatic rings. The summed E-state index contributed by atoms with van der Waals surface area (Å²) < 4.78 is 0. The van der Waals surface area contributed by atoms with Gasteiger partial charge in [-0.2, -0.15) is 0 Å². The highest BCUT2D eigenvalue weighted by atomic mass is 16.2. The molecule has 0 aromatic heterocycles. The summed E-state index contributed by atoms with van der Waals surface area (Å²) in [5, 5.41) is 5.62. The zero-order valence-corrected chi connectivity index (χ0v) is 12.9. The highest BCUT2D eigenvalue weighted by Crippen LogP contribution is 2.03. The molecule has 0 radical (unpaired) electrons. The number of carbonyl (C=O) groups is 2. The number of hydrogen-bond acceptors (Lipinski definition) is 4. The topological polar surface area (TPSA) is 123 Å². The maximum atomic E-state index is 12.3. The molecule has 6 N–H and O–H groups in total. The van der Waals surface area contributed by atoms with E-state index in [0.29, 0.717) is 6.42 Å². The molecule has 2 unspecified atom stereocenters. The van der Waals surface area contributed by atoms with Gasteiger partial charge in [-0.15, -0.1) is 0 Å². The summed E-state index contributed by atoms with van der Waals surface area (Å²) in [6.07, 6.45) is 0.524. The number of aliphatic imine (C=N–C) groups is 1. The van der Waals surface area contributed by atoms with Gasteiger partial charge in [0.05, 0.1) is 12.6 Å². The highest BCUT2D eigenvalue weighted by molar-refractivity contribution is 5.90. The molecule has 22 heavy (non-hydrogen) atoms. The number of benzene rings is 1. The largest absolute Gasteiger partial charge is 0.370 e. The zero-order chi connectivity index (χ0) is 16.5. The fourth-order valence-corrected chi connectivity index (χ4v) is 1.92. The Hall–Kier alpha value is -2.41. The van der Waals surface area contributed by atoms with E-state index in [4.69, 9.17) is 11.5 Å². The Morgan fingerprint density at radius 2 is 1.82 bits per heavy atom. The number of nitrogens with two attached hydrogens (primary N) is 2. The monoisotopic (exact) mass is 305 g/mol. The first-order valence-corrected chi connectivity index (χ1v) is 7.01. The van der Waals surface area contributed by atoms with Crippen LogP contribution in [0.3, 0.4) is 0 Å². The Morgan fingerprint density at radius 1 is 1.18 bits per heavy atom. The number of carbonyl (C=O) groups excluding carboxylic acids is 2. The molecular formula is C15H23N5O2. The first kappa shape index (κ1) is 17.6. The third kappa shape index (κ3) is 5.92. The molecule has 0 saturated heterocycles. The van der Waals surface area contributed by atoms with Gasteiger partial charge in [-0.05, 0) is 26.0 Å². The molecule has 0 fully saturated rings. The molecule has 0 bridgehead atoms. The average Bonchev–Trinajstić information content (AvgIpc) is 2.49. The smallest absolute Gasteiger partial charge is 0.238 e. The number of hydrogen-bond donors (Lipinski definition) is 4. The number of likely N-dealkylation sites (N-methyl/N-ethyl adjacent to an activating group) is 1. The number of rotatable bonds is 8. The Labute approximate surface area is 130 Å². The highest BCUT2D eigenvalue weighted by Gasteiger charge is 2.22. The fraction of sp³-hybridized carbons (Fsp3) is 0.400. The lowest BCUT2D eigenvalue weighted by molar-refractivity contribution is -0.127. The first-order chi connectivity index (χ1) is 10.4.